The number of alkyl halides is 3. The Morgan fingerprint density at radius 3 is 2.62 bits per heavy atom. The van der Waals surface area contributed by atoms with Gasteiger partial charge in [-0.3, -0.25) is 0 Å². The Hall–Kier alpha value is -1.17. The van der Waals surface area contributed by atoms with Crippen molar-refractivity contribution < 1.29 is 23.4 Å². The van der Waals surface area contributed by atoms with Crippen LogP contribution in [0.3, 0.4) is 0 Å². The summed E-state index contributed by atoms with van der Waals surface area (Å²) in [6, 6.07) is 2.62. The highest BCUT2D eigenvalue weighted by Crippen LogP contribution is 2.26. The van der Waals surface area contributed by atoms with Crippen molar-refractivity contribution in [3.05, 3.63) is 28.8 Å². The first kappa shape index (κ1) is 12.9. The first-order chi connectivity index (χ1) is 7.45. The molecule has 1 N–H and O–H groups in total. The lowest BCUT2D eigenvalue weighted by Crippen LogP contribution is -2.07. The van der Waals surface area contributed by atoms with Gasteiger partial charge in [-0.2, -0.15) is 8.78 Å². The van der Waals surface area contributed by atoms with Gasteiger partial charge < -0.3 is 9.84 Å². The largest absolute Gasteiger partial charge is 0.478 e. The molecule has 0 unspecified atom stereocenters. The Kier molecular flexibility index (Phi) is 4.23. The minimum atomic E-state index is -2.96. The van der Waals surface area contributed by atoms with Gasteiger partial charge in [0.2, 0.25) is 0 Å². The molecule has 0 aliphatic rings. The van der Waals surface area contributed by atoms with Crippen molar-refractivity contribution in [2.24, 2.45) is 0 Å². The third kappa shape index (κ3) is 2.91. The number of benzene rings is 1. The number of hydrogen-bond acceptors (Lipinski definition) is 2. The summed E-state index contributed by atoms with van der Waals surface area (Å²) in [7, 11) is 0. The molecule has 0 atom stereocenters. The van der Waals surface area contributed by atoms with Crippen LogP contribution in [0.1, 0.15) is 21.5 Å². The number of carboxylic acids is 1. The van der Waals surface area contributed by atoms with Crippen molar-refractivity contribution in [3.63, 3.8) is 0 Å². The molecule has 0 aromatic heterocycles. The fraction of sp³-hybridized carbons (Fsp3) is 0.300. The summed E-state index contributed by atoms with van der Waals surface area (Å²) < 4.78 is 28.3. The average molecular weight is 295 g/mol. The molecule has 0 saturated heterocycles. The smallest absolute Gasteiger partial charge is 0.387 e. The fourth-order valence-electron chi connectivity index (χ4n) is 1.28. The molecule has 0 bridgehead atoms. The standard InChI is InChI=1S/C10H9BrF2O3/c1-5-2-6(4-11)7(9(14)15)3-8(5)16-10(12)13/h2-3,10H,4H2,1H3,(H,14,15). The van der Waals surface area contributed by atoms with Gasteiger partial charge in [0, 0.05) is 5.33 Å². The van der Waals surface area contributed by atoms with Crippen LogP contribution in [0.4, 0.5) is 8.78 Å². The highest BCUT2D eigenvalue weighted by molar-refractivity contribution is 9.08. The molecule has 0 aliphatic carbocycles. The summed E-state index contributed by atoms with van der Waals surface area (Å²) in [6.45, 7) is -1.38. The van der Waals surface area contributed by atoms with E-state index in [0.29, 0.717) is 16.5 Å². The van der Waals surface area contributed by atoms with E-state index in [2.05, 4.69) is 20.7 Å². The number of aromatic carboxylic acids is 1. The highest BCUT2D eigenvalue weighted by Gasteiger charge is 2.15. The fourth-order valence-corrected chi connectivity index (χ4v) is 1.74. The van der Waals surface area contributed by atoms with Crippen LogP contribution in [-0.2, 0) is 5.33 Å². The number of hydrogen-bond donors (Lipinski definition) is 1. The van der Waals surface area contributed by atoms with Crippen LogP contribution in [0.5, 0.6) is 5.75 Å². The van der Waals surface area contributed by atoms with Crippen LogP contribution < -0.4 is 4.74 Å². The van der Waals surface area contributed by atoms with Gasteiger partial charge in [-0.25, -0.2) is 4.79 Å². The van der Waals surface area contributed by atoms with E-state index >= 15 is 0 Å². The molecular formula is C10H9BrF2O3. The lowest BCUT2D eigenvalue weighted by Gasteiger charge is -2.11. The summed E-state index contributed by atoms with van der Waals surface area (Å²) in [5, 5.41) is 9.22. The van der Waals surface area contributed by atoms with E-state index in [1.54, 1.807) is 6.92 Å². The quantitative estimate of drug-likeness (QED) is 0.868. The predicted octanol–water partition coefficient (Wildman–Crippen LogP) is 3.19. The van der Waals surface area contributed by atoms with Gasteiger partial charge >= 0.3 is 12.6 Å². The molecule has 0 spiro atoms. The van der Waals surface area contributed by atoms with Gasteiger partial charge in [-0.15, -0.1) is 0 Å². The third-order valence-electron chi connectivity index (χ3n) is 1.99. The van der Waals surface area contributed by atoms with Crippen LogP contribution in [0.15, 0.2) is 12.1 Å². The summed E-state index contributed by atoms with van der Waals surface area (Å²) >= 11 is 3.13. The SMILES string of the molecule is Cc1cc(CBr)c(C(=O)O)cc1OC(F)F. The Labute approximate surface area is 99.2 Å². The van der Waals surface area contributed by atoms with Crippen LogP contribution in [0.25, 0.3) is 0 Å². The maximum Gasteiger partial charge on any atom is 0.387 e. The van der Waals surface area contributed by atoms with Gasteiger partial charge in [0.15, 0.2) is 0 Å². The Morgan fingerprint density at radius 2 is 2.19 bits per heavy atom. The Bertz CT molecular complexity index is 407. The number of ether oxygens (including phenoxy) is 1. The van der Waals surface area contributed by atoms with Crippen LogP contribution in [-0.4, -0.2) is 17.7 Å². The molecule has 16 heavy (non-hydrogen) atoms. The van der Waals surface area contributed by atoms with Gasteiger partial charge in [-0.05, 0) is 24.1 Å². The summed E-state index contributed by atoms with van der Waals surface area (Å²) in [6.07, 6.45) is 0. The zero-order valence-corrected chi connectivity index (χ0v) is 9.92. The molecule has 1 aromatic carbocycles. The predicted molar refractivity (Wildman–Crippen MR) is 57.4 cm³/mol. The van der Waals surface area contributed by atoms with Gasteiger partial charge in [0.1, 0.15) is 5.75 Å². The number of aryl methyl sites for hydroxylation is 1. The van der Waals surface area contributed by atoms with Gasteiger partial charge in [0.25, 0.3) is 0 Å². The van der Waals surface area contributed by atoms with Crippen molar-refractivity contribution >= 4 is 21.9 Å². The molecule has 0 amide bonds. The third-order valence-corrected chi connectivity index (χ3v) is 2.60. The lowest BCUT2D eigenvalue weighted by atomic mass is 10.0. The van der Waals surface area contributed by atoms with E-state index in [1.165, 1.54) is 6.07 Å². The van der Waals surface area contributed by atoms with E-state index in [4.69, 9.17) is 5.11 Å². The summed E-state index contributed by atoms with van der Waals surface area (Å²) in [5.41, 5.74) is 0.949. The minimum Gasteiger partial charge on any atom is -0.478 e. The molecule has 6 heteroatoms. The molecular weight excluding hydrogens is 286 g/mol. The van der Waals surface area contributed by atoms with E-state index < -0.39 is 12.6 Å². The second kappa shape index (κ2) is 5.25. The maximum atomic E-state index is 12.0. The van der Waals surface area contributed by atoms with Crippen LogP contribution in [0.2, 0.25) is 0 Å². The number of carboxylic acid groups (broad SMARTS) is 1. The van der Waals surface area contributed by atoms with E-state index in [1.807, 2.05) is 0 Å². The lowest BCUT2D eigenvalue weighted by molar-refractivity contribution is -0.0503. The zero-order chi connectivity index (χ0) is 12.3. The molecule has 1 aromatic rings. The molecule has 0 saturated carbocycles. The van der Waals surface area contributed by atoms with Crippen molar-refractivity contribution in [1.29, 1.82) is 0 Å². The summed E-state index contributed by atoms with van der Waals surface area (Å²) in [4.78, 5) is 10.9. The summed E-state index contributed by atoms with van der Waals surface area (Å²) in [5.74, 6) is -1.29. The molecule has 1 rings (SSSR count). The zero-order valence-electron chi connectivity index (χ0n) is 8.34. The van der Waals surface area contributed by atoms with Crippen molar-refractivity contribution in [2.45, 2.75) is 18.9 Å². The van der Waals surface area contributed by atoms with E-state index in [0.717, 1.165) is 6.07 Å². The van der Waals surface area contributed by atoms with E-state index in [9.17, 15) is 13.6 Å². The van der Waals surface area contributed by atoms with Crippen molar-refractivity contribution in [1.82, 2.24) is 0 Å². The van der Waals surface area contributed by atoms with Crippen molar-refractivity contribution in [3.8, 4) is 5.75 Å². The van der Waals surface area contributed by atoms with Crippen LogP contribution >= 0.6 is 15.9 Å². The second-order valence-corrected chi connectivity index (χ2v) is 3.65. The molecule has 88 valence electrons. The molecule has 0 fully saturated rings. The number of halogens is 3. The number of carbonyl (C=O) groups is 1. The second-order valence-electron chi connectivity index (χ2n) is 3.09. The number of rotatable bonds is 4. The Morgan fingerprint density at radius 1 is 1.56 bits per heavy atom. The topological polar surface area (TPSA) is 46.5 Å². The molecule has 0 radical (unpaired) electrons. The Balaban J connectivity index is 3.22. The monoisotopic (exact) mass is 294 g/mol. The highest BCUT2D eigenvalue weighted by atomic mass is 79.9. The maximum absolute atomic E-state index is 12.0. The first-order valence-corrected chi connectivity index (χ1v) is 5.45. The van der Waals surface area contributed by atoms with Gasteiger partial charge in [-0.1, -0.05) is 22.0 Å². The average Bonchev–Trinajstić information content (AvgIpc) is 2.19. The molecule has 3 nitrogen and oxygen atoms in total. The normalized spacial score (nSPS) is 10.6. The van der Waals surface area contributed by atoms with Gasteiger partial charge in [0.05, 0.1) is 5.56 Å². The minimum absolute atomic E-state index is 0.0434. The van der Waals surface area contributed by atoms with E-state index in [-0.39, 0.29) is 11.3 Å². The molecule has 0 heterocycles. The van der Waals surface area contributed by atoms with Crippen LogP contribution in [0, 0.1) is 6.92 Å². The van der Waals surface area contributed by atoms with Crippen molar-refractivity contribution in [2.75, 3.05) is 0 Å². The first-order valence-electron chi connectivity index (χ1n) is 4.33. The molecule has 0 aliphatic heterocycles.